The fraction of sp³-hybridized carbons (Fsp3) is 0.333. The van der Waals surface area contributed by atoms with Crippen LogP contribution in [0.1, 0.15) is 44.4 Å². The zero-order valence-electron chi connectivity index (χ0n) is 18.3. The van der Waals surface area contributed by atoms with Crippen LogP contribution >= 0.6 is 0 Å². The maximum Gasteiger partial charge on any atom is 0.295 e. The van der Waals surface area contributed by atoms with Crippen LogP contribution in [0.25, 0.3) is 5.76 Å². The van der Waals surface area contributed by atoms with Crippen LogP contribution in [0.4, 0.5) is 5.69 Å². The number of benzene rings is 2. The Balaban J connectivity index is 2.13. The number of aliphatic hydroxyl groups excluding tert-OH is 1. The highest BCUT2D eigenvalue weighted by Crippen LogP contribution is 2.40. The summed E-state index contributed by atoms with van der Waals surface area (Å²) < 4.78 is 5.80. The number of ether oxygens (including phenoxy) is 1. The molecule has 1 heterocycles. The summed E-state index contributed by atoms with van der Waals surface area (Å²) in [5.41, 5.74) is 0.402. The van der Waals surface area contributed by atoms with Crippen LogP contribution in [0.3, 0.4) is 0 Å². The molecule has 0 aromatic heterocycles. The van der Waals surface area contributed by atoms with E-state index in [9.17, 15) is 24.8 Å². The van der Waals surface area contributed by atoms with E-state index in [4.69, 9.17) is 4.74 Å². The molecule has 32 heavy (non-hydrogen) atoms. The van der Waals surface area contributed by atoms with Crippen LogP contribution in [-0.2, 0) is 9.59 Å². The maximum absolute atomic E-state index is 12.9. The van der Waals surface area contributed by atoms with Crippen molar-refractivity contribution in [2.24, 2.45) is 5.92 Å². The van der Waals surface area contributed by atoms with Crippen molar-refractivity contribution >= 4 is 23.1 Å². The van der Waals surface area contributed by atoms with Crippen LogP contribution in [0, 0.1) is 16.0 Å². The molecule has 2 aromatic carbocycles. The summed E-state index contributed by atoms with van der Waals surface area (Å²) in [7, 11) is 0. The van der Waals surface area contributed by atoms with Crippen LogP contribution in [0.5, 0.6) is 5.75 Å². The lowest BCUT2D eigenvalue weighted by Gasteiger charge is -2.25. The van der Waals surface area contributed by atoms with Crippen LogP contribution in [-0.4, -0.2) is 39.8 Å². The van der Waals surface area contributed by atoms with Gasteiger partial charge in [-0.15, -0.1) is 0 Å². The first-order valence-electron chi connectivity index (χ1n) is 10.5. The van der Waals surface area contributed by atoms with Gasteiger partial charge in [0.05, 0.1) is 23.1 Å². The van der Waals surface area contributed by atoms with Gasteiger partial charge in [0.25, 0.3) is 17.4 Å². The molecule has 0 aliphatic carbocycles. The van der Waals surface area contributed by atoms with E-state index in [1.807, 2.05) is 20.8 Å². The fourth-order valence-electron chi connectivity index (χ4n) is 3.66. The molecule has 8 heteroatoms. The standard InChI is InChI=1S/C24H26N2O6/c1-4-11-25-21(16-7-6-10-19(13-16)32-14-15(2)3)20(23(28)24(25)29)22(27)17-8-5-9-18(12-17)26(30)31/h5-10,12-13,15,21,27H,4,11,14H2,1-3H3/b22-20-. The molecule has 8 nitrogen and oxygen atoms in total. The number of likely N-dealkylation sites (tertiary alicyclic amines) is 1. The highest BCUT2D eigenvalue weighted by molar-refractivity contribution is 6.46. The topological polar surface area (TPSA) is 110 Å². The number of carbonyl (C=O) groups excluding carboxylic acids is 2. The number of nitro groups is 1. The van der Waals surface area contributed by atoms with E-state index >= 15 is 0 Å². The van der Waals surface area contributed by atoms with Gasteiger partial charge in [0.15, 0.2) is 0 Å². The third kappa shape index (κ3) is 4.64. The summed E-state index contributed by atoms with van der Waals surface area (Å²) in [5, 5.41) is 22.2. The number of ketones is 1. The molecule has 0 spiro atoms. The Labute approximate surface area is 186 Å². The summed E-state index contributed by atoms with van der Waals surface area (Å²) >= 11 is 0. The largest absolute Gasteiger partial charge is 0.507 e. The summed E-state index contributed by atoms with van der Waals surface area (Å²) in [6.45, 7) is 6.77. The molecule has 0 bridgehead atoms. The summed E-state index contributed by atoms with van der Waals surface area (Å²) in [5.74, 6) is -1.06. The van der Waals surface area contributed by atoms with Gasteiger partial charge >= 0.3 is 0 Å². The van der Waals surface area contributed by atoms with Crippen LogP contribution < -0.4 is 4.74 Å². The van der Waals surface area contributed by atoms with Gasteiger partial charge in [0, 0.05) is 24.2 Å². The van der Waals surface area contributed by atoms with Gasteiger partial charge in [0.2, 0.25) is 0 Å². The Morgan fingerprint density at radius 3 is 2.56 bits per heavy atom. The van der Waals surface area contributed by atoms with Crippen molar-refractivity contribution in [3.63, 3.8) is 0 Å². The number of aliphatic hydroxyl groups is 1. The number of hydrogen-bond acceptors (Lipinski definition) is 6. The van der Waals surface area contributed by atoms with Gasteiger partial charge in [-0.3, -0.25) is 19.7 Å². The Hall–Kier alpha value is -3.68. The first-order chi connectivity index (χ1) is 15.2. The predicted octanol–water partition coefficient (Wildman–Crippen LogP) is 4.46. The highest BCUT2D eigenvalue weighted by atomic mass is 16.6. The summed E-state index contributed by atoms with van der Waals surface area (Å²) in [4.78, 5) is 37.7. The number of nitro benzene ring substituents is 1. The van der Waals surface area contributed by atoms with Crippen molar-refractivity contribution in [2.45, 2.75) is 33.2 Å². The lowest BCUT2D eigenvalue weighted by molar-refractivity contribution is -0.384. The summed E-state index contributed by atoms with van der Waals surface area (Å²) in [6, 6.07) is 11.6. The first-order valence-corrected chi connectivity index (χ1v) is 10.5. The highest BCUT2D eigenvalue weighted by Gasteiger charge is 2.45. The Morgan fingerprint density at radius 2 is 1.91 bits per heavy atom. The number of nitrogens with zero attached hydrogens (tertiary/aromatic N) is 2. The number of rotatable bonds is 8. The van der Waals surface area contributed by atoms with Gasteiger partial charge in [-0.25, -0.2) is 0 Å². The van der Waals surface area contributed by atoms with Crippen LogP contribution in [0.2, 0.25) is 0 Å². The minimum atomic E-state index is -0.822. The number of carbonyl (C=O) groups is 2. The lowest BCUT2D eigenvalue weighted by atomic mass is 9.95. The fourth-order valence-corrected chi connectivity index (χ4v) is 3.66. The predicted molar refractivity (Wildman–Crippen MR) is 119 cm³/mol. The van der Waals surface area contributed by atoms with Gasteiger partial charge in [0.1, 0.15) is 11.5 Å². The molecule has 168 valence electrons. The molecule has 1 unspecified atom stereocenters. The Morgan fingerprint density at radius 1 is 1.19 bits per heavy atom. The maximum atomic E-state index is 12.9. The molecular formula is C24H26N2O6. The molecule has 2 aromatic rings. The molecule has 1 amide bonds. The van der Waals surface area contributed by atoms with E-state index in [2.05, 4.69) is 0 Å². The molecular weight excluding hydrogens is 412 g/mol. The number of Topliss-reactive ketones (excluding diaryl/α,β-unsaturated/α-hetero) is 1. The zero-order valence-corrected chi connectivity index (χ0v) is 18.3. The molecule has 1 atom stereocenters. The van der Waals surface area contributed by atoms with Gasteiger partial charge in [-0.2, -0.15) is 0 Å². The SMILES string of the molecule is CCCN1C(=O)C(=O)/C(=C(\O)c2cccc([N+](=O)[O-])c2)C1c1cccc(OCC(C)C)c1. The van der Waals surface area contributed by atoms with Crippen LogP contribution in [0.15, 0.2) is 54.1 Å². The summed E-state index contributed by atoms with van der Waals surface area (Å²) in [6.07, 6.45) is 0.615. The van der Waals surface area contributed by atoms with Crippen molar-refractivity contribution in [1.82, 2.24) is 4.90 Å². The lowest BCUT2D eigenvalue weighted by Crippen LogP contribution is -2.30. The normalized spacial score (nSPS) is 17.8. The number of hydrogen-bond donors (Lipinski definition) is 1. The van der Waals surface area contributed by atoms with Gasteiger partial charge < -0.3 is 14.7 Å². The van der Waals surface area contributed by atoms with Crippen molar-refractivity contribution in [1.29, 1.82) is 0 Å². The van der Waals surface area contributed by atoms with Crippen molar-refractivity contribution in [2.75, 3.05) is 13.2 Å². The van der Waals surface area contributed by atoms with E-state index < -0.39 is 28.4 Å². The Bertz CT molecular complexity index is 1080. The smallest absolute Gasteiger partial charge is 0.295 e. The molecule has 0 radical (unpaired) electrons. The molecule has 1 N–H and O–H groups in total. The number of non-ortho nitro benzene ring substituents is 1. The second-order valence-electron chi connectivity index (χ2n) is 8.08. The van der Waals surface area contributed by atoms with Crippen molar-refractivity contribution < 1.29 is 24.4 Å². The number of amides is 1. The van der Waals surface area contributed by atoms with E-state index in [-0.39, 0.29) is 16.8 Å². The molecule has 1 saturated heterocycles. The monoisotopic (exact) mass is 438 g/mol. The molecule has 1 aliphatic rings. The first kappa shape index (κ1) is 23.0. The second-order valence-corrected chi connectivity index (χ2v) is 8.08. The second kappa shape index (κ2) is 9.64. The average Bonchev–Trinajstić information content (AvgIpc) is 3.02. The molecule has 3 rings (SSSR count). The third-order valence-corrected chi connectivity index (χ3v) is 5.09. The van der Waals surface area contributed by atoms with Crippen molar-refractivity contribution in [3.05, 3.63) is 75.3 Å². The minimum absolute atomic E-state index is 0.0926. The molecule has 0 saturated carbocycles. The van der Waals surface area contributed by atoms with E-state index in [0.29, 0.717) is 36.8 Å². The van der Waals surface area contributed by atoms with Gasteiger partial charge in [-0.1, -0.05) is 45.0 Å². The quantitative estimate of drug-likeness (QED) is 0.214. The van der Waals surface area contributed by atoms with Crippen molar-refractivity contribution in [3.8, 4) is 5.75 Å². The van der Waals surface area contributed by atoms with E-state index in [0.717, 1.165) is 0 Å². The molecule has 1 fully saturated rings. The average molecular weight is 438 g/mol. The van der Waals surface area contributed by atoms with E-state index in [1.165, 1.54) is 29.2 Å². The zero-order chi connectivity index (χ0) is 23.4. The third-order valence-electron chi connectivity index (χ3n) is 5.09. The molecule has 1 aliphatic heterocycles. The van der Waals surface area contributed by atoms with Gasteiger partial charge in [-0.05, 0) is 30.0 Å². The van der Waals surface area contributed by atoms with E-state index in [1.54, 1.807) is 24.3 Å². The Kier molecular flexibility index (Phi) is 6.92. The minimum Gasteiger partial charge on any atom is -0.507 e.